The summed E-state index contributed by atoms with van der Waals surface area (Å²) in [6.45, 7) is 4.09. The van der Waals surface area contributed by atoms with E-state index in [1.165, 1.54) is 12.0 Å². The molecule has 1 atom stereocenters. The van der Waals surface area contributed by atoms with Gasteiger partial charge in [-0.15, -0.1) is 0 Å². The number of aliphatic hydroxyl groups is 1. The number of carbonyl (C=O) groups excluding carboxylic acids is 2. The molecule has 1 unspecified atom stereocenters. The number of benzene rings is 2. The molecule has 2 aromatic rings. The highest BCUT2D eigenvalue weighted by atomic mass is 16.5. The van der Waals surface area contributed by atoms with E-state index in [1.54, 1.807) is 25.3 Å². The number of rotatable bonds is 8. The van der Waals surface area contributed by atoms with Crippen molar-refractivity contribution in [3.05, 3.63) is 71.0 Å². The fourth-order valence-corrected chi connectivity index (χ4v) is 3.74. The summed E-state index contributed by atoms with van der Waals surface area (Å²) >= 11 is 0. The van der Waals surface area contributed by atoms with Gasteiger partial charge in [0.15, 0.2) is 11.5 Å². The lowest BCUT2D eigenvalue weighted by atomic mass is 9.91. The Labute approximate surface area is 176 Å². The van der Waals surface area contributed by atoms with Crippen molar-refractivity contribution < 1.29 is 24.2 Å². The fraction of sp³-hybridized carbons (Fsp3) is 0.333. The number of methoxy groups -OCH3 is 2. The molecule has 0 saturated carbocycles. The number of hydrogen-bond acceptors (Lipinski definition) is 5. The van der Waals surface area contributed by atoms with Crippen LogP contribution in [0.15, 0.2) is 59.9 Å². The summed E-state index contributed by atoms with van der Waals surface area (Å²) in [7, 11) is 3.08. The zero-order valence-corrected chi connectivity index (χ0v) is 17.7. The second-order valence-electron chi connectivity index (χ2n) is 7.71. The van der Waals surface area contributed by atoms with Crippen LogP contribution < -0.4 is 9.47 Å². The summed E-state index contributed by atoms with van der Waals surface area (Å²) in [5, 5.41) is 10.7. The topological polar surface area (TPSA) is 76.1 Å². The lowest BCUT2D eigenvalue weighted by Gasteiger charge is -2.28. The molecule has 1 heterocycles. The van der Waals surface area contributed by atoms with Crippen molar-refractivity contribution >= 4 is 11.7 Å². The Hall–Kier alpha value is -3.28. The first-order chi connectivity index (χ1) is 14.4. The highest BCUT2D eigenvalue weighted by molar-refractivity contribution is 6.09. The molecule has 0 radical (unpaired) electrons. The minimum atomic E-state index is -0.769. The van der Waals surface area contributed by atoms with Gasteiger partial charge in [-0.2, -0.15) is 0 Å². The van der Waals surface area contributed by atoms with Gasteiger partial charge >= 0.3 is 0 Å². The standard InChI is InChI=1S/C24H27NO5/c1-15(2)12-19(26)21-22(18-13-17(29-3)10-11-20(18)30-4)25(24(28)23(21)27)14-16-8-6-5-7-9-16/h5-11,13,15,22,27H,12,14H2,1-4H3. The first kappa shape index (κ1) is 21.4. The smallest absolute Gasteiger partial charge is 0.290 e. The van der Waals surface area contributed by atoms with Gasteiger partial charge < -0.3 is 19.5 Å². The highest BCUT2D eigenvalue weighted by Gasteiger charge is 2.44. The minimum Gasteiger partial charge on any atom is -0.503 e. The third-order valence-electron chi connectivity index (χ3n) is 5.12. The van der Waals surface area contributed by atoms with Crippen LogP contribution in [0, 0.1) is 5.92 Å². The number of hydrogen-bond donors (Lipinski definition) is 1. The van der Waals surface area contributed by atoms with Crippen LogP contribution in [-0.4, -0.2) is 35.9 Å². The van der Waals surface area contributed by atoms with Gasteiger partial charge in [0.05, 0.1) is 25.8 Å². The summed E-state index contributed by atoms with van der Waals surface area (Å²) in [4.78, 5) is 27.6. The molecule has 158 valence electrons. The normalized spacial score (nSPS) is 16.4. The van der Waals surface area contributed by atoms with Crippen LogP contribution in [0.25, 0.3) is 0 Å². The maximum atomic E-state index is 13.1. The molecule has 1 aliphatic heterocycles. The molecule has 1 N–H and O–H groups in total. The fourth-order valence-electron chi connectivity index (χ4n) is 3.74. The van der Waals surface area contributed by atoms with Crippen LogP contribution in [0.2, 0.25) is 0 Å². The Morgan fingerprint density at radius 3 is 2.40 bits per heavy atom. The lowest BCUT2D eigenvalue weighted by Crippen LogP contribution is -2.31. The Kier molecular flexibility index (Phi) is 6.45. The van der Waals surface area contributed by atoms with Crippen molar-refractivity contribution in [3.8, 4) is 11.5 Å². The van der Waals surface area contributed by atoms with E-state index < -0.39 is 17.7 Å². The lowest BCUT2D eigenvalue weighted by molar-refractivity contribution is -0.130. The van der Waals surface area contributed by atoms with E-state index in [4.69, 9.17) is 9.47 Å². The van der Waals surface area contributed by atoms with Crippen molar-refractivity contribution in [1.82, 2.24) is 4.90 Å². The second kappa shape index (κ2) is 9.03. The summed E-state index contributed by atoms with van der Waals surface area (Å²) in [6, 6.07) is 13.9. The van der Waals surface area contributed by atoms with Crippen LogP contribution >= 0.6 is 0 Å². The molecule has 30 heavy (non-hydrogen) atoms. The number of aliphatic hydroxyl groups excluding tert-OH is 1. The zero-order chi connectivity index (χ0) is 21.8. The molecule has 0 aromatic heterocycles. The van der Waals surface area contributed by atoms with Gasteiger partial charge in [0.25, 0.3) is 5.91 Å². The predicted octanol–water partition coefficient (Wildman–Crippen LogP) is 4.21. The first-order valence-corrected chi connectivity index (χ1v) is 9.90. The van der Waals surface area contributed by atoms with Crippen molar-refractivity contribution in [3.63, 3.8) is 0 Å². The van der Waals surface area contributed by atoms with E-state index in [0.29, 0.717) is 17.1 Å². The number of carbonyl (C=O) groups is 2. The van der Waals surface area contributed by atoms with Crippen LogP contribution in [0.5, 0.6) is 11.5 Å². The largest absolute Gasteiger partial charge is 0.503 e. The van der Waals surface area contributed by atoms with Gasteiger partial charge in [-0.1, -0.05) is 44.2 Å². The quantitative estimate of drug-likeness (QED) is 0.707. The Balaban J connectivity index is 2.14. The first-order valence-electron chi connectivity index (χ1n) is 9.90. The summed E-state index contributed by atoms with van der Waals surface area (Å²) in [5.41, 5.74) is 1.59. The molecule has 3 rings (SSSR count). The second-order valence-corrected chi connectivity index (χ2v) is 7.71. The summed E-state index contributed by atoms with van der Waals surface area (Å²) < 4.78 is 10.9. The Morgan fingerprint density at radius 1 is 1.10 bits per heavy atom. The monoisotopic (exact) mass is 409 g/mol. The van der Waals surface area contributed by atoms with E-state index >= 15 is 0 Å². The third-order valence-corrected chi connectivity index (χ3v) is 5.12. The molecular formula is C24H27NO5. The molecular weight excluding hydrogens is 382 g/mol. The maximum Gasteiger partial charge on any atom is 0.290 e. The van der Waals surface area contributed by atoms with Gasteiger partial charge in [-0.05, 0) is 29.7 Å². The van der Waals surface area contributed by atoms with E-state index in [2.05, 4.69) is 0 Å². The number of ether oxygens (including phenoxy) is 2. The van der Waals surface area contributed by atoms with Gasteiger partial charge in [0.2, 0.25) is 0 Å². The Bertz CT molecular complexity index is 965. The van der Waals surface area contributed by atoms with Crippen LogP contribution in [-0.2, 0) is 16.1 Å². The number of Topliss-reactive ketones (excluding diaryl/α,β-unsaturated/α-hetero) is 1. The predicted molar refractivity (Wildman–Crippen MR) is 113 cm³/mol. The number of nitrogens with zero attached hydrogens (tertiary/aromatic N) is 1. The summed E-state index contributed by atoms with van der Waals surface area (Å²) in [5.74, 6) is -0.145. The van der Waals surface area contributed by atoms with Crippen molar-refractivity contribution in [2.45, 2.75) is 32.9 Å². The van der Waals surface area contributed by atoms with Crippen LogP contribution in [0.4, 0.5) is 0 Å². The van der Waals surface area contributed by atoms with E-state index in [-0.39, 0.29) is 30.2 Å². The van der Waals surface area contributed by atoms with Gasteiger partial charge in [0.1, 0.15) is 11.5 Å². The van der Waals surface area contributed by atoms with Crippen molar-refractivity contribution in [2.24, 2.45) is 5.92 Å². The molecule has 1 aliphatic rings. The molecule has 6 heteroatoms. The third kappa shape index (κ3) is 4.17. The minimum absolute atomic E-state index is 0.0870. The van der Waals surface area contributed by atoms with Gasteiger partial charge in [-0.3, -0.25) is 9.59 Å². The zero-order valence-electron chi connectivity index (χ0n) is 17.7. The van der Waals surface area contributed by atoms with Crippen LogP contribution in [0.1, 0.15) is 37.4 Å². The average Bonchev–Trinajstić information content (AvgIpc) is 2.98. The molecule has 0 bridgehead atoms. The molecule has 0 aliphatic carbocycles. The number of ketones is 1. The van der Waals surface area contributed by atoms with E-state index in [1.807, 2.05) is 44.2 Å². The van der Waals surface area contributed by atoms with Crippen molar-refractivity contribution in [1.29, 1.82) is 0 Å². The number of amides is 1. The van der Waals surface area contributed by atoms with E-state index in [0.717, 1.165) is 5.56 Å². The van der Waals surface area contributed by atoms with Gasteiger partial charge in [-0.25, -0.2) is 0 Å². The SMILES string of the molecule is COc1ccc(OC)c(C2C(C(=O)CC(C)C)=C(O)C(=O)N2Cc2ccccc2)c1. The maximum absolute atomic E-state index is 13.1. The van der Waals surface area contributed by atoms with Crippen LogP contribution in [0.3, 0.4) is 0 Å². The highest BCUT2D eigenvalue weighted by Crippen LogP contribution is 2.44. The van der Waals surface area contributed by atoms with Gasteiger partial charge in [0, 0.05) is 18.5 Å². The van der Waals surface area contributed by atoms with E-state index in [9.17, 15) is 14.7 Å². The van der Waals surface area contributed by atoms with Crippen molar-refractivity contribution in [2.75, 3.05) is 14.2 Å². The summed E-state index contributed by atoms with van der Waals surface area (Å²) in [6.07, 6.45) is 0.231. The average molecular weight is 409 g/mol. The Morgan fingerprint density at radius 2 is 1.80 bits per heavy atom. The molecule has 6 nitrogen and oxygen atoms in total. The molecule has 0 saturated heterocycles. The molecule has 2 aromatic carbocycles. The molecule has 0 spiro atoms. The molecule has 0 fully saturated rings. The molecule has 1 amide bonds.